The van der Waals surface area contributed by atoms with Crippen molar-refractivity contribution >= 4 is 34.3 Å². The van der Waals surface area contributed by atoms with E-state index in [9.17, 15) is 9.59 Å². The second-order valence-electron chi connectivity index (χ2n) is 4.63. The molecule has 0 heterocycles. The van der Waals surface area contributed by atoms with Crippen LogP contribution in [0.2, 0.25) is 0 Å². The highest BCUT2D eigenvalue weighted by atomic mass is 127. The number of Topliss-reactive ketones (excluding diaryl/α,β-unsaturated/α-hetero) is 1. The fourth-order valence-corrected chi connectivity index (χ4v) is 2.26. The van der Waals surface area contributed by atoms with Gasteiger partial charge in [-0.2, -0.15) is 0 Å². The molecule has 0 aliphatic rings. The number of halogens is 1. The normalized spacial score (nSPS) is 11.1. The van der Waals surface area contributed by atoms with Gasteiger partial charge in [-0.25, -0.2) is 4.79 Å². The number of ketones is 1. The summed E-state index contributed by atoms with van der Waals surface area (Å²) >= 11 is 2.17. The molecular weight excluding hydrogens is 347 g/mol. The van der Waals surface area contributed by atoms with E-state index in [0.29, 0.717) is 5.75 Å². The minimum Gasteiger partial charge on any atom is -0.496 e. The van der Waals surface area contributed by atoms with Gasteiger partial charge in [0.2, 0.25) is 5.78 Å². The summed E-state index contributed by atoms with van der Waals surface area (Å²) in [4.78, 5) is 22.0. The number of carboxylic acids is 1. The fraction of sp³-hybridized carbons (Fsp3) is 0.385. The summed E-state index contributed by atoms with van der Waals surface area (Å²) < 4.78 is 6.31. The van der Waals surface area contributed by atoms with Crippen LogP contribution in [0, 0.1) is 3.57 Å². The van der Waals surface area contributed by atoms with Gasteiger partial charge in [-0.1, -0.05) is 19.9 Å². The number of ether oxygens (including phenoxy) is 1. The maximum atomic E-state index is 11.4. The molecule has 0 unspecified atom stereocenters. The molecule has 1 aromatic rings. The Hall–Kier alpha value is -1.11. The molecular formula is C13H15IO4. The molecule has 0 aliphatic carbocycles. The van der Waals surface area contributed by atoms with E-state index < -0.39 is 17.2 Å². The molecule has 0 aliphatic heterocycles. The monoisotopic (exact) mass is 362 g/mol. The van der Waals surface area contributed by atoms with Crippen LogP contribution in [0.3, 0.4) is 0 Å². The molecule has 0 aromatic heterocycles. The fourth-order valence-electron chi connectivity index (χ4n) is 1.80. The highest BCUT2D eigenvalue weighted by Gasteiger charge is 2.30. The summed E-state index contributed by atoms with van der Waals surface area (Å²) in [7, 11) is 1.56. The third kappa shape index (κ3) is 3.44. The first-order valence-electron chi connectivity index (χ1n) is 5.38. The molecule has 0 spiro atoms. The zero-order chi connectivity index (χ0) is 13.9. The highest BCUT2D eigenvalue weighted by Crippen LogP contribution is 2.35. The van der Waals surface area contributed by atoms with E-state index in [1.165, 1.54) is 0 Å². The molecule has 18 heavy (non-hydrogen) atoms. The quantitative estimate of drug-likeness (QED) is 0.646. The lowest BCUT2D eigenvalue weighted by molar-refractivity contribution is -0.149. The van der Waals surface area contributed by atoms with Gasteiger partial charge in [0.15, 0.2) is 0 Å². The van der Waals surface area contributed by atoms with Crippen LogP contribution in [0.15, 0.2) is 18.2 Å². The van der Waals surface area contributed by atoms with Crippen LogP contribution in [0.5, 0.6) is 5.75 Å². The largest absolute Gasteiger partial charge is 0.496 e. The van der Waals surface area contributed by atoms with Crippen LogP contribution >= 0.6 is 22.6 Å². The topological polar surface area (TPSA) is 63.6 Å². The van der Waals surface area contributed by atoms with E-state index in [2.05, 4.69) is 22.6 Å². The first-order valence-corrected chi connectivity index (χ1v) is 6.46. The summed E-state index contributed by atoms with van der Waals surface area (Å²) in [5, 5.41) is 8.68. The second kappa shape index (κ2) is 5.69. The molecule has 0 saturated carbocycles. The van der Waals surface area contributed by atoms with Crippen LogP contribution in [0.1, 0.15) is 25.8 Å². The summed E-state index contributed by atoms with van der Waals surface area (Å²) in [5.41, 5.74) is 0.255. The summed E-state index contributed by atoms with van der Waals surface area (Å²) in [5.74, 6) is -1.52. The lowest BCUT2D eigenvalue weighted by Gasteiger charge is -2.26. The van der Waals surface area contributed by atoms with E-state index in [4.69, 9.17) is 9.84 Å². The zero-order valence-corrected chi connectivity index (χ0v) is 12.6. The Kier molecular flexibility index (Phi) is 4.72. The van der Waals surface area contributed by atoms with Crippen LogP contribution < -0.4 is 4.74 Å². The van der Waals surface area contributed by atoms with Crippen molar-refractivity contribution in [2.45, 2.75) is 25.7 Å². The molecule has 0 bridgehead atoms. The van der Waals surface area contributed by atoms with Crippen molar-refractivity contribution in [1.82, 2.24) is 0 Å². The number of hydrogen-bond acceptors (Lipinski definition) is 3. The average Bonchev–Trinajstić information content (AvgIpc) is 2.27. The first-order chi connectivity index (χ1) is 8.27. The van der Waals surface area contributed by atoms with E-state index in [1.54, 1.807) is 7.11 Å². The molecule has 98 valence electrons. The van der Waals surface area contributed by atoms with Gasteiger partial charge in [0, 0.05) is 21.0 Å². The van der Waals surface area contributed by atoms with Crippen LogP contribution in [0.4, 0.5) is 0 Å². The predicted octanol–water partition coefficient (Wildman–Crippen LogP) is 2.62. The molecule has 1 aromatic carbocycles. The first kappa shape index (κ1) is 14.9. The van der Waals surface area contributed by atoms with Gasteiger partial charge in [0.25, 0.3) is 0 Å². The summed E-state index contributed by atoms with van der Waals surface area (Å²) in [6.07, 6.45) is -0.0563. The number of benzene rings is 1. The minimum absolute atomic E-state index is 0.0563. The van der Waals surface area contributed by atoms with Crippen molar-refractivity contribution in [3.05, 3.63) is 27.3 Å². The van der Waals surface area contributed by atoms with Crippen molar-refractivity contribution in [1.29, 1.82) is 0 Å². The molecule has 0 atom stereocenters. The second-order valence-corrected chi connectivity index (χ2v) is 5.88. The number of rotatable bonds is 5. The lowest BCUT2D eigenvalue weighted by Crippen LogP contribution is -2.26. The number of aliphatic carboxylic acids is 1. The third-order valence-electron chi connectivity index (χ3n) is 2.73. The molecule has 0 fully saturated rings. The number of hydrogen-bond donors (Lipinski definition) is 1. The Morgan fingerprint density at radius 3 is 2.50 bits per heavy atom. The average molecular weight is 362 g/mol. The molecule has 5 heteroatoms. The number of methoxy groups -OCH3 is 1. The van der Waals surface area contributed by atoms with E-state index in [-0.39, 0.29) is 6.42 Å². The Bertz CT molecular complexity index is 480. The number of carbonyl (C=O) groups is 2. The van der Waals surface area contributed by atoms with E-state index in [1.807, 2.05) is 32.0 Å². The lowest BCUT2D eigenvalue weighted by atomic mass is 9.79. The molecule has 4 nitrogen and oxygen atoms in total. The van der Waals surface area contributed by atoms with Crippen LogP contribution in [-0.2, 0) is 15.0 Å². The Balaban J connectivity index is 3.11. The van der Waals surface area contributed by atoms with Gasteiger partial charge in [-0.15, -0.1) is 0 Å². The molecule has 0 saturated heterocycles. The van der Waals surface area contributed by atoms with Crippen molar-refractivity contribution in [2.24, 2.45) is 0 Å². The maximum Gasteiger partial charge on any atom is 0.372 e. The van der Waals surface area contributed by atoms with Crippen molar-refractivity contribution in [2.75, 3.05) is 7.11 Å². The SMILES string of the molecule is COc1cc(I)ccc1C(C)(C)CC(=O)C(=O)O. The van der Waals surface area contributed by atoms with Crippen molar-refractivity contribution in [3.63, 3.8) is 0 Å². The van der Waals surface area contributed by atoms with E-state index >= 15 is 0 Å². The van der Waals surface area contributed by atoms with Crippen molar-refractivity contribution in [3.8, 4) is 5.75 Å². The standard InChI is InChI=1S/C13H15IO4/c1-13(2,7-10(15)12(16)17)9-5-4-8(14)6-11(9)18-3/h4-6H,7H2,1-3H3,(H,16,17). The summed E-state index contributed by atoms with van der Waals surface area (Å²) in [6.45, 7) is 3.66. The van der Waals surface area contributed by atoms with Crippen molar-refractivity contribution < 1.29 is 19.4 Å². The van der Waals surface area contributed by atoms with Crippen LogP contribution in [-0.4, -0.2) is 24.0 Å². The number of carboxylic acid groups (broad SMARTS) is 1. The third-order valence-corrected chi connectivity index (χ3v) is 3.40. The Labute approximate surface area is 119 Å². The highest BCUT2D eigenvalue weighted by molar-refractivity contribution is 14.1. The minimum atomic E-state index is -1.40. The van der Waals surface area contributed by atoms with Gasteiger partial charge in [-0.05, 0) is 34.7 Å². The molecule has 0 amide bonds. The zero-order valence-electron chi connectivity index (χ0n) is 10.5. The van der Waals surface area contributed by atoms with E-state index in [0.717, 1.165) is 9.13 Å². The van der Waals surface area contributed by atoms with Crippen LogP contribution in [0.25, 0.3) is 0 Å². The van der Waals surface area contributed by atoms with Gasteiger partial charge < -0.3 is 9.84 Å². The molecule has 0 radical (unpaired) electrons. The van der Waals surface area contributed by atoms with Gasteiger partial charge in [0.1, 0.15) is 5.75 Å². The van der Waals surface area contributed by atoms with Gasteiger partial charge >= 0.3 is 5.97 Å². The Morgan fingerprint density at radius 2 is 2.00 bits per heavy atom. The maximum absolute atomic E-state index is 11.4. The number of carbonyl (C=O) groups excluding carboxylic acids is 1. The Morgan fingerprint density at radius 1 is 1.39 bits per heavy atom. The smallest absolute Gasteiger partial charge is 0.372 e. The molecule has 1 rings (SSSR count). The van der Waals surface area contributed by atoms with Gasteiger partial charge in [0.05, 0.1) is 7.11 Å². The molecule has 1 N–H and O–H groups in total. The summed E-state index contributed by atoms with van der Waals surface area (Å²) in [6, 6.07) is 5.64. The van der Waals surface area contributed by atoms with Gasteiger partial charge in [-0.3, -0.25) is 4.79 Å². The predicted molar refractivity (Wildman–Crippen MR) is 76.0 cm³/mol.